The summed E-state index contributed by atoms with van der Waals surface area (Å²) < 4.78 is 10.5. The number of fused-ring (bicyclic) bond motifs is 1. The van der Waals surface area contributed by atoms with Crippen molar-refractivity contribution in [3.63, 3.8) is 0 Å². The van der Waals surface area contributed by atoms with Crippen molar-refractivity contribution in [1.82, 2.24) is 5.32 Å². The van der Waals surface area contributed by atoms with Crippen LogP contribution >= 0.6 is 0 Å². The minimum absolute atomic E-state index is 0.304. The molecule has 0 radical (unpaired) electrons. The van der Waals surface area contributed by atoms with Crippen LogP contribution < -0.4 is 10.2 Å². The molecule has 7 nitrogen and oxygen atoms in total. The molecule has 2 aliphatic rings. The zero-order chi connectivity index (χ0) is 20.1. The zero-order valence-electron chi connectivity index (χ0n) is 16.0. The van der Waals surface area contributed by atoms with E-state index < -0.39 is 35.3 Å². The predicted octanol–water partition coefficient (Wildman–Crippen LogP) is 2.36. The van der Waals surface area contributed by atoms with Crippen molar-refractivity contribution in [2.75, 3.05) is 12.0 Å². The number of ether oxygens (including phenoxy) is 1. The number of imide groups is 1. The first-order chi connectivity index (χ1) is 13.4. The Morgan fingerprint density at radius 1 is 1.21 bits per heavy atom. The van der Waals surface area contributed by atoms with Crippen molar-refractivity contribution in [2.45, 2.75) is 31.8 Å². The fourth-order valence-electron chi connectivity index (χ4n) is 4.50. The van der Waals surface area contributed by atoms with Gasteiger partial charge in [0, 0.05) is 0 Å². The van der Waals surface area contributed by atoms with Crippen LogP contribution in [0.1, 0.15) is 30.7 Å². The molecule has 0 unspecified atom stereocenters. The number of carbonyl (C=O) groups is 3. The smallest absolute Gasteiger partial charge is 0.326 e. The minimum atomic E-state index is -1.29. The second-order valence-electron chi connectivity index (χ2n) is 7.30. The summed E-state index contributed by atoms with van der Waals surface area (Å²) in [7, 11) is 1.29. The van der Waals surface area contributed by atoms with Crippen LogP contribution in [0, 0.1) is 18.8 Å². The number of anilines is 1. The molecule has 4 rings (SSSR count). The third-order valence-electron chi connectivity index (χ3n) is 5.90. The minimum Gasteiger partial charge on any atom is -0.468 e. The molecule has 2 saturated heterocycles. The van der Waals surface area contributed by atoms with Gasteiger partial charge in [0.1, 0.15) is 11.3 Å². The molecule has 0 saturated carbocycles. The highest BCUT2D eigenvalue weighted by molar-refractivity contribution is 6.24. The van der Waals surface area contributed by atoms with E-state index in [1.54, 1.807) is 31.2 Å². The largest absolute Gasteiger partial charge is 0.468 e. The van der Waals surface area contributed by atoms with Crippen molar-refractivity contribution in [3.05, 3.63) is 54.0 Å². The van der Waals surface area contributed by atoms with Gasteiger partial charge in [0.2, 0.25) is 11.8 Å². The number of nitrogens with zero attached hydrogens (tertiary/aromatic N) is 1. The quantitative estimate of drug-likeness (QED) is 0.645. The first kappa shape index (κ1) is 18.4. The average molecular weight is 382 g/mol. The molecular weight excluding hydrogens is 360 g/mol. The number of aryl methyl sites for hydroxylation is 1. The van der Waals surface area contributed by atoms with Gasteiger partial charge in [-0.3, -0.25) is 19.7 Å². The van der Waals surface area contributed by atoms with Gasteiger partial charge >= 0.3 is 5.97 Å². The van der Waals surface area contributed by atoms with Crippen LogP contribution in [0.4, 0.5) is 5.69 Å². The van der Waals surface area contributed by atoms with Gasteiger partial charge in [-0.1, -0.05) is 24.6 Å². The predicted molar refractivity (Wildman–Crippen MR) is 100 cm³/mol. The number of methoxy groups -OCH3 is 1. The highest BCUT2D eigenvalue weighted by atomic mass is 16.5. The van der Waals surface area contributed by atoms with E-state index in [0.29, 0.717) is 17.9 Å². The molecule has 146 valence electrons. The van der Waals surface area contributed by atoms with E-state index in [4.69, 9.17) is 9.15 Å². The lowest BCUT2D eigenvalue weighted by molar-refractivity contribution is -0.152. The van der Waals surface area contributed by atoms with Crippen LogP contribution in [-0.2, 0) is 19.1 Å². The van der Waals surface area contributed by atoms with E-state index in [9.17, 15) is 14.4 Å². The Labute approximate surface area is 162 Å². The number of furan rings is 1. The molecule has 2 aliphatic heterocycles. The average Bonchev–Trinajstić information content (AvgIpc) is 3.39. The van der Waals surface area contributed by atoms with Crippen molar-refractivity contribution >= 4 is 23.5 Å². The highest BCUT2D eigenvalue weighted by Crippen LogP contribution is 2.51. The van der Waals surface area contributed by atoms with Gasteiger partial charge in [0.05, 0.1) is 36.9 Å². The van der Waals surface area contributed by atoms with E-state index in [1.807, 2.05) is 19.1 Å². The van der Waals surface area contributed by atoms with Crippen LogP contribution in [0.25, 0.3) is 0 Å². The number of benzene rings is 1. The molecule has 1 aromatic carbocycles. The van der Waals surface area contributed by atoms with Gasteiger partial charge in [0.25, 0.3) is 0 Å². The summed E-state index contributed by atoms with van der Waals surface area (Å²) in [6.07, 6.45) is 1.81. The fourth-order valence-corrected chi connectivity index (χ4v) is 4.50. The van der Waals surface area contributed by atoms with E-state index in [-0.39, 0.29) is 5.91 Å². The van der Waals surface area contributed by atoms with Gasteiger partial charge in [-0.2, -0.15) is 0 Å². The molecule has 0 bridgehead atoms. The van der Waals surface area contributed by atoms with Crippen LogP contribution in [0.2, 0.25) is 0 Å². The second kappa shape index (κ2) is 6.60. The Bertz CT molecular complexity index is 921. The van der Waals surface area contributed by atoms with Crippen molar-refractivity contribution in [1.29, 1.82) is 0 Å². The van der Waals surface area contributed by atoms with E-state index >= 15 is 0 Å². The SMILES string of the molecule is CC[C@]1(C(=O)OC)N[C@H](c2ccco2)[C@@H]2C(=O)N(c3ccc(C)cc3)C(=O)[C@@H]21. The first-order valence-corrected chi connectivity index (χ1v) is 9.28. The third kappa shape index (κ3) is 2.43. The van der Waals surface area contributed by atoms with Crippen LogP contribution in [0.3, 0.4) is 0 Å². The van der Waals surface area contributed by atoms with Gasteiger partial charge in [0.15, 0.2) is 0 Å². The highest BCUT2D eigenvalue weighted by Gasteiger charge is 2.68. The molecule has 28 heavy (non-hydrogen) atoms. The lowest BCUT2D eigenvalue weighted by Crippen LogP contribution is -2.55. The number of nitrogens with one attached hydrogen (secondary N) is 1. The number of esters is 1. The molecule has 1 aromatic heterocycles. The molecule has 2 amide bonds. The Morgan fingerprint density at radius 2 is 1.93 bits per heavy atom. The summed E-state index contributed by atoms with van der Waals surface area (Å²) in [5.41, 5.74) is 0.238. The van der Waals surface area contributed by atoms with Crippen molar-refractivity contribution < 1.29 is 23.5 Å². The molecule has 0 aliphatic carbocycles. The first-order valence-electron chi connectivity index (χ1n) is 9.28. The number of amides is 2. The zero-order valence-corrected chi connectivity index (χ0v) is 16.0. The molecule has 4 atom stereocenters. The monoisotopic (exact) mass is 382 g/mol. The van der Waals surface area contributed by atoms with Gasteiger partial charge in [-0.25, -0.2) is 4.90 Å². The standard InChI is InChI=1S/C21H22N2O5/c1-4-21(20(26)27-3)16-15(17(22-21)14-6-5-11-28-14)18(24)23(19(16)25)13-9-7-12(2)8-10-13/h5-11,15-17,22H,4H2,1-3H3/t15-,16-,17-,21+/m1/s1. The fraction of sp³-hybridized carbons (Fsp3) is 0.381. The maximum atomic E-state index is 13.4. The summed E-state index contributed by atoms with van der Waals surface area (Å²) >= 11 is 0. The topological polar surface area (TPSA) is 88.8 Å². The number of rotatable bonds is 4. The summed E-state index contributed by atoms with van der Waals surface area (Å²) in [4.78, 5) is 40.8. The Kier molecular flexibility index (Phi) is 4.34. The third-order valence-corrected chi connectivity index (χ3v) is 5.90. The maximum absolute atomic E-state index is 13.4. The summed E-state index contributed by atoms with van der Waals surface area (Å²) in [6.45, 7) is 3.74. The maximum Gasteiger partial charge on any atom is 0.326 e. The molecule has 3 heterocycles. The summed E-state index contributed by atoms with van der Waals surface area (Å²) in [5, 5.41) is 3.21. The second-order valence-corrected chi connectivity index (χ2v) is 7.30. The van der Waals surface area contributed by atoms with E-state index in [0.717, 1.165) is 5.56 Å². The molecular formula is C21H22N2O5. The number of hydrogen-bond acceptors (Lipinski definition) is 6. The molecule has 7 heteroatoms. The number of carbonyl (C=O) groups excluding carboxylic acids is 3. The van der Waals surface area contributed by atoms with Crippen LogP contribution in [-0.4, -0.2) is 30.4 Å². The summed E-state index contributed by atoms with van der Waals surface area (Å²) in [5.74, 6) is -2.39. The summed E-state index contributed by atoms with van der Waals surface area (Å²) in [6, 6.07) is 10.0. The lowest BCUT2D eigenvalue weighted by Gasteiger charge is -2.31. The van der Waals surface area contributed by atoms with Gasteiger partial charge in [-0.15, -0.1) is 0 Å². The molecule has 0 spiro atoms. The van der Waals surface area contributed by atoms with Crippen LogP contribution in [0.15, 0.2) is 47.1 Å². The lowest BCUT2D eigenvalue weighted by atomic mass is 9.78. The normalized spacial score (nSPS) is 29.2. The Morgan fingerprint density at radius 3 is 2.50 bits per heavy atom. The van der Waals surface area contributed by atoms with E-state index in [2.05, 4.69) is 5.32 Å². The van der Waals surface area contributed by atoms with Gasteiger partial charge in [-0.05, 0) is 37.6 Å². The Balaban J connectivity index is 1.84. The molecule has 2 aromatic rings. The van der Waals surface area contributed by atoms with Crippen molar-refractivity contribution in [3.8, 4) is 0 Å². The van der Waals surface area contributed by atoms with Crippen LogP contribution in [0.5, 0.6) is 0 Å². The van der Waals surface area contributed by atoms with Crippen molar-refractivity contribution in [2.24, 2.45) is 11.8 Å². The molecule has 1 N–H and O–H groups in total. The van der Waals surface area contributed by atoms with E-state index in [1.165, 1.54) is 18.3 Å². The van der Waals surface area contributed by atoms with Gasteiger partial charge < -0.3 is 9.15 Å². The Hall–Kier alpha value is -2.93. The number of hydrogen-bond donors (Lipinski definition) is 1. The molecule has 2 fully saturated rings.